The molecule has 11 heteroatoms. The third-order valence-corrected chi connectivity index (χ3v) is 4.38. The maximum atomic E-state index is 13.9. The first-order valence-electron chi connectivity index (χ1n) is 8.96. The molecule has 0 fully saturated rings. The number of rotatable bonds is 8. The highest BCUT2D eigenvalue weighted by atomic mass is 19.4. The van der Waals surface area contributed by atoms with Crippen LogP contribution in [0, 0.1) is 21.8 Å². The first-order valence-corrected chi connectivity index (χ1v) is 8.96. The van der Waals surface area contributed by atoms with Gasteiger partial charge < -0.3 is 5.11 Å². The van der Waals surface area contributed by atoms with Gasteiger partial charge >= 0.3 is 6.18 Å². The van der Waals surface area contributed by atoms with Gasteiger partial charge in [0.2, 0.25) is 0 Å². The van der Waals surface area contributed by atoms with Gasteiger partial charge in [-0.2, -0.15) is 13.2 Å². The van der Waals surface area contributed by atoms with Crippen LogP contribution in [0.5, 0.6) is 0 Å². The van der Waals surface area contributed by atoms with Crippen molar-refractivity contribution in [2.75, 3.05) is 16.7 Å². The van der Waals surface area contributed by atoms with Crippen LogP contribution < -0.4 is 16.0 Å². The van der Waals surface area contributed by atoms with E-state index in [0.29, 0.717) is 11.1 Å². The Morgan fingerprint density at radius 2 is 1.77 bits per heavy atom. The van der Waals surface area contributed by atoms with Gasteiger partial charge in [0.1, 0.15) is 11.5 Å². The predicted octanol–water partition coefficient (Wildman–Crippen LogP) is 4.18. The Balaban J connectivity index is 2.66. The number of alkyl halides is 3. The third kappa shape index (κ3) is 5.16. The summed E-state index contributed by atoms with van der Waals surface area (Å²) in [5, 5.41) is 23.4. The highest BCUT2D eigenvalue weighted by Crippen LogP contribution is 2.39. The minimum atomic E-state index is -5.07. The Labute approximate surface area is 170 Å². The van der Waals surface area contributed by atoms with Gasteiger partial charge in [-0.25, -0.2) is 15.4 Å². The average molecular weight is 430 g/mol. The second-order valence-corrected chi connectivity index (χ2v) is 7.26. The van der Waals surface area contributed by atoms with Crippen molar-refractivity contribution < 1.29 is 27.6 Å². The summed E-state index contributed by atoms with van der Waals surface area (Å²) in [5.74, 6) is 4.53. The lowest BCUT2D eigenvalue weighted by Gasteiger charge is -2.41. The number of hydrogen-bond acceptors (Lipinski definition) is 6. The predicted molar refractivity (Wildman–Crippen MR) is 104 cm³/mol. The SMILES string of the molecule is CC(C)CC(O)(CN(c1cc(F)ccc1[N+](=O)[O-])N(N)c1ccccc1)C(F)(F)F. The van der Waals surface area contributed by atoms with Crippen LogP contribution in [0.1, 0.15) is 20.3 Å². The molecule has 0 radical (unpaired) electrons. The van der Waals surface area contributed by atoms with E-state index in [1.807, 2.05) is 0 Å². The van der Waals surface area contributed by atoms with Crippen molar-refractivity contribution in [3.63, 3.8) is 0 Å². The van der Waals surface area contributed by atoms with E-state index in [1.54, 1.807) is 18.2 Å². The van der Waals surface area contributed by atoms with Crippen molar-refractivity contribution >= 4 is 17.1 Å². The monoisotopic (exact) mass is 430 g/mol. The number of hydrazine groups is 2. The third-order valence-electron chi connectivity index (χ3n) is 4.38. The summed E-state index contributed by atoms with van der Waals surface area (Å²) in [4.78, 5) is 10.6. The van der Waals surface area contributed by atoms with Gasteiger partial charge in [0.25, 0.3) is 5.69 Å². The van der Waals surface area contributed by atoms with Gasteiger partial charge in [-0.3, -0.25) is 15.1 Å². The summed E-state index contributed by atoms with van der Waals surface area (Å²) >= 11 is 0. The summed E-state index contributed by atoms with van der Waals surface area (Å²) in [6.07, 6.45) is -5.77. The fraction of sp³-hybridized carbons (Fsp3) is 0.368. The van der Waals surface area contributed by atoms with E-state index in [-0.39, 0.29) is 5.69 Å². The number of aliphatic hydroxyl groups is 1. The molecule has 7 nitrogen and oxygen atoms in total. The zero-order chi connectivity index (χ0) is 22.7. The minimum Gasteiger partial charge on any atom is -0.379 e. The molecule has 0 heterocycles. The summed E-state index contributed by atoms with van der Waals surface area (Å²) < 4.78 is 55.3. The van der Waals surface area contributed by atoms with Gasteiger partial charge in [0, 0.05) is 12.1 Å². The van der Waals surface area contributed by atoms with E-state index in [1.165, 1.54) is 26.0 Å². The normalized spacial score (nSPS) is 13.8. The zero-order valence-corrected chi connectivity index (χ0v) is 16.3. The average Bonchev–Trinajstić information content (AvgIpc) is 2.64. The molecular formula is C19H22F4N4O3. The van der Waals surface area contributed by atoms with E-state index in [2.05, 4.69) is 0 Å². The maximum Gasteiger partial charge on any atom is 0.419 e. The number of nitrogens with two attached hydrogens (primary N) is 1. The number of nitro groups is 1. The van der Waals surface area contributed by atoms with Crippen molar-refractivity contribution in [3.8, 4) is 0 Å². The number of benzene rings is 2. The lowest BCUT2D eigenvalue weighted by molar-refractivity contribution is -0.384. The Hall–Kier alpha value is -2.92. The summed E-state index contributed by atoms with van der Waals surface area (Å²) in [6.45, 7) is 1.79. The molecule has 164 valence electrons. The lowest BCUT2D eigenvalue weighted by atomic mass is 9.91. The summed E-state index contributed by atoms with van der Waals surface area (Å²) in [5.41, 5.74) is -4.30. The van der Waals surface area contributed by atoms with E-state index in [9.17, 15) is 32.8 Å². The van der Waals surface area contributed by atoms with Gasteiger partial charge in [0.15, 0.2) is 5.60 Å². The Morgan fingerprint density at radius 3 is 2.27 bits per heavy atom. The molecule has 0 spiro atoms. The van der Waals surface area contributed by atoms with Crippen LogP contribution in [0.4, 0.5) is 34.6 Å². The van der Waals surface area contributed by atoms with Gasteiger partial charge in [-0.1, -0.05) is 32.0 Å². The quantitative estimate of drug-likeness (QED) is 0.282. The molecule has 0 aromatic heterocycles. The molecule has 0 saturated carbocycles. The van der Waals surface area contributed by atoms with Crippen molar-refractivity contribution in [1.82, 2.24) is 0 Å². The van der Waals surface area contributed by atoms with E-state index < -0.39 is 52.8 Å². The highest BCUT2D eigenvalue weighted by Gasteiger charge is 2.55. The molecule has 2 aromatic rings. The second-order valence-electron chi connectivity index (χ2n) is 7.26. The van der Waals surface area contributed by atoms with Crippen LogP contribution in [-0.4, -0.2) is 28.4 Å². The smallest absolute Gasteiger partial charge is 0.379 e. The van der Waals surface area contributed by atoms with E-state index >= 15 is 0 Å². The zero-order valence-electron chi connectivity index (χ0n) is 16.3. The molecule has 0 saturated heterocycles. The molecule has 2 aromatic carbocycles. The molecule has 3 N–H and O–H groups in total. The molecule has 2 rings (SSSR count). The Kier molecular flexibility index (Phi) is 6.88. The summed E-state index contributed by atoms with van der Waals surface area (Å²) in [6, 6.07) is 9.98. The molecule has 1 unspecified atom stereocenters. The molecule has 30 heavy (non-hydrogen) atoms. The van der Waals surface area contributed by atoms with Gasteiger partial charge in [-0.05, 0) is 30.5 Å². The first kappa shape index (κ1) is 23.4. The largest absolute Gasteiger partial charge is 0.419 e. The van der Waals surface area contributed by atoms with Crippen LogP contribution >= 0.6 is 0 Å². The van der Waals surface area contributed by atoms with E-state index in [0.717, 1.165) is 17.3 Å². The van der Waals surface area contributed by atoms with Crippen molar-refractivity contribution in [3.05, 3.63) is 64.5 Å². The number of anilines is 2. The Bertz CT molecular complexity index is 880. The van der Waals surface area contributed by atoms with Crippen LogP contribution in [0.15, 0.2) is 48.5 Å². The van der Waals surface area contributed by atoms with Crippen LogP contribution in [0.2, 0.25) is 0 Å². The molecule has 0 aliphatic heterocycles. The highest BCUT2D eigenvalue weighted by molar-refractivity contribution is 5.67. The van der Waals surface area contributed by atoms with Crippen LogP contribution in [0.3, 0.4) is 0 Å². The molecule has 0 bridgehead atoms. The number of nitrogens with zero attached hydrogens (tertiary/aromatic N) is 3. The number of para-hydroxylation sites is 1. The van der Waals surface area contributed by atoms with Gasteiger partial charge in [0.05, 0.1) is 17.2 Å². The van der Waals surface area contributed by atoms with Gasteiger partial charge in [-0.15, -0.1) is 0 Å². The molecule has 1 atom stereocenters. The van der Waals surface area contributed by atoms with Crippen LogP contribution in [-0.2, 0) is 0 Å². The molecule has 0 amide bonds. The minimum absolute atomic E-state index is 0.171. The fourth-order valence-electron chi connectivity index (χ4n) is 3.05. The molecule has 0 aliphatic rings. The topological polar surface area (TPSA) is 95.9 Å². The molecule has 0 aliphatic carbocycles. The number of halogens is 4. The lowest BCUT2D eigenvalue weighted by Crippen LogP contribution is -2.60. The molecular weight excluding hydrogens is 408 g/mol. The number of hydrogen-bond donors (Lipinski definition) is 2. The van der Waals surface area contributed by atoms with E-state index in [4.69, 9.17) is 5.84 Å². The van der Waals surface area contributed by atoms with Crippen molar-refractivity contribution in [1.29, 1.82) is 0 Å². The fourth-order valence-corrected chi connectivity index (χ4v) is 3.05. The number of nitro benzene ring substituents is 1. The standard InChI is InChI=1S/C19H22F4N4O3/c1-13(2)11-18(28,19(21,22)23)12-25(26(24)15-6-4-3-5-7-15)17-10-14(20)8-9-16(17)27(29)30/h3-10,13,28H,11-12,24H2,1-2H3. The van der Waals surface area contributed by atoms with Crippen molar-refractivity contribution in [2.45, 2.75) is 32.0 Å². The van der Waals surface area contributed by atoms with Crippen molar-refractivity contribution in [2.24, 2.45) is 11.8 Å². The maximum absolute atomic E-state index is 13.9. The first-order chi connectivity index (χ1) is 13.9. The second kappa shape index (κ2) is 8.84. The summed E-state index contributed by atoms with van der Waals surface area (Å²) in [7, 11) is 0. The Morgan fingerprint density at radius 1 is 1.17 bits per heavy atom. The van der Waals surface area contributed by atoms with Crippen LogP contribution in [0.25, 0.3) is 0 Å².